The molecule has 0 fully saturated rings. The highest BCUT2D eigenvalue weighted by atomic mass is 19.1. The van der Waals surface area contributed by atoms with E-state index >= 15 is 0 Å². The summed E-state index contributed by atoms with van der Waals surface area (Å²) in [5.41, 5.74) is 5.48. The van der Waals surface area contributed by atoms with E-state index in [0.717, 1.165) is 0 Å². The van der Waals surface area contributed by atoms with Crippen LogP contribution in [0.4, 0.5) is 10.2 Å². The Morgan fingerprint density at radius 1 is 1.62 bits per heavy atom. The first kappa shape index (κ1) is 5.69. The van der Waals surface area contributed by atoms with Gasteiger partial charge in [0.15, 0.2) is 0 Å². The van der Waals surface area contributed by atoms with Crippen LogP contribution < -0.4 is 5.73 Å². The summed E-state index contributed by atoms with van der Waals surface area (Å²) in [6.07, 6.45) is 1.18. The second kappa shape index (κ2) is 2.85. The van der Waals surface area contributed by atoms with Gasteiger partial charge in [0.25, 0.3) is 0 Å². The molecule has 0 radical (unpaired) electrons. The second-order valence-electron chi connectivity index (χ2n) is 2.38. The molecule has 0 saturated heterocycles. The summed E-state index contributed by atoms with van der Waals surface area (Å²) >= 11 is 0. The van der Waals surface area contributed by atoms with Crippen LogP contribution in [-0.4, -0.2) is 15.0 Å². The minimum Gasteiger partial charge on any atom is -0.384 e. The molecule has 0 aliphatic rings. The van der Waals surface area contributed by atoms with Crippen molar-refractivity contribution in [1.29, 1.82) is 0 Å². The Morgan fingerprint density at radius 3 is 3.15 bits per heavy atom. The summed E-state index contributed by atoms with van der Waals surface area (Å²) in [7, 11) is 0. The van der Waals surface area contributed by atoms with Gasteiger partial charge in [-0.25, -0.2) is 9.97 Å². The van der Waals surface area contributed by atoms with Crippen LogP contribution in [0, 0.1) is 5.95 Å². The summed E-state index contributed by atoms with van der Waals surface area (Å²) < 4.78 is 28.1. The maximum atomic E-state index is 13.4. The van der Waals surface area contributed by atoms with Crippen LogP contribution in [0.25, 0.3) is 11.3 Å². The van der Waals surface area contributed by atoms with Crippen molar-refractivity contribution in [2.75, 3.05) is 5.73 Å². The Morgan fingerprint density at radius 2 is 2.46 bits per heavy atom. The van der Waals surface area contributed by atoms with Crippen LogP contribution >= 0.6 is 0 Å². The fourth-order valence-electron chi connectivity index (χ4n) is 0.943. The summed E-state index contributed by atoms with van der Waals surface area (Å²) in [6.45, 7) is 0. The summed E-state index contributed by atoms with van der Waals surface area (Å²) in [4.78, 5) is 9.58. The fourth-order valence-corrected chi connectivity index (χ4v) is 0.943. The highest BCUT2D eigenvalue weighted by Gasteiger charge is 2.06. The van der Waals surface area contributed by atoms with E-state index in [0.29, 0.717) is 0 Å². The molecule has 2 aromatic rings. The largest absolute Gasteiger partial charge is 0.384 e. The van der Waals surface area contributed by atoms with E-state index in [9.17, 15) is 4.39 Å². The molecule has 5 heteroatoms. The molecule has 2 aromatic heterocycles. The van der Waals surface area contributed by atoms with Crippen LogP contribution in [0.3, 0.4) is 0 Å². The normalized spacial score (nSPS) is 12.4. The number of pyridine rings is 1. The maximum Gasteiger partial charge on any atom is 0.224 e. The number of rotatable bonds is 1. The molecule has 2 rings (SSSR count). The number of nitrogen functional groups attached to an aromatic ring is 1. The molecule has 0 aromatic carbocycles. The number of halogens is 1. The number of nitrogens with zero attached hydrogens (tertiary/aromatic N) is 2. The lowest BCUT2D eigenvalue weighted by molar-refractivity contribution is 0.589. The van der Waals surface area contributed by atoms with Crippen LogP contribution in [0.1, 0.15) is 2.74 Å². The molecule has 4 nitrogen and oxygen atoms in total. The molecule has 3 N–H and O–H groups in total. The number of nitrogens with two attached hydrogens (primary N) is 1. The Kier molecular flexibility index (Phi) is 1.25. The number of H-pyrrole nitrogens is 1. The summed E-state index contributed by atoms with van der Waals surface area (Å²) in [6, 6.07) is 1.13. The van der Waals surface area contributed by atoms with Crippen molar-refractivity contribution in [2.24, 2.45) is 0 Å². The molecule has 0 spiro atoms. The predicted molar refractivity (Wildman–Crippen MR) is 46.2 cm³/mol. The number of hydrogen-bond acceptors (Lipinski definition) is 3. The molecule has 0 atom stereocenters. The SMILES string of the molecule is [2H]c1cc(-c2[nH]cnc2[2H])c(F)nc1N. The Bertz CT molecular complexity index is 511. The highest BCUT2D eigenvalue weighted by Crippen LogP contribution is 2.19. The second-order valence-corrected chi connectivity index (χ2v) is 2.38. The van der Waals surface area contributed by atoms with E-state index < -0.39 is 5.95 Å². The van der Waals surface area contributed by atoms with E-state index in [-0.39, 0.29) is 29.3 Å². The first-order chi connectivity index (χ1) is 7.09. The van der Waals surface area contributed by atoms with Crippen molar-refractivity contribution in [3.05, 3.63) is 30.6 Å². The predicted octanol–water partition coefficient (Wildman–Crippen LogP) is 1.19. The Labute approximate surface area is 76.5 Å². The summed E-state index contributed by atoms with van der Waals surface area (Å²) in [5, 5.41) is 0. The van der Waals surface area contributed by atoms with Gasteiger partial charge in [-0.2, -0.15) is 4.39 Å². The van der Waals surface area contributed by atoms with E-state index in [1.165, 1.54) is 12.4 Å². The number of anilines is 1. The van der Waals surface area contributed by atoms with Crippen molar-refractivity contribution >= 4 is 5.82 Å². The molecule has 0 amide bonds. The van der Waals surface area contributed by atoms with Crippen molar-refractivity contribution in [3.8, 4) is 11.3 Å². The zero-order valence-electron chi connectivity index (χ0n) is 8.50. The molecular weight excluding hydrogens is 171 g/mol. The zero-order valence-corrected chi connectivity index (χ0v) is 6.50. The van der Waals surface area contributed by atoms with E-state index in [2.05, 4.69) is 15.0 Å². The Hall–Kier alpha value is -1.91. The quantitative estimate of drug-likeness (QED) is 0.648. The van der Waals surface area contributed by atoms with E-state index in [1.54, 1.807) is 0 Å². The van der Waals surface area contributed by atoms with Gasteiger partial charge in [0, 0.05) is 0 Å². The lowest BCUT2D eigenvalue weighted by atomic mass is 10.2. The van der Waals surface area contributed by atoms with Gasteiger partial charge in [-0.1, -0.05) is 0 Å². The first-order valence-electron chi connectivity index (χ1n) is 4.52. The van der Waals surface area contributed by atoms with Gasteiger partial charge in [0.2, 0.25) is 5.95 Å². The van der Waals surface area contributed by atoms with Crippen molar-refractivity contribution in [1.82, 2.24) is 15.0 Å². The van der Waals surface area contributed by atoms with Crippen LogP contribution in [0.2, 0.25) is 0 Å². The molecule has 0 bridgehead atoms. The third kappa shape index (κ3) is 1.35. The Balaban J connectivity index is 2.64. The number of hydrogen-bond donors (Lipinski definition) is 2. The molecule has 0 unspecified atom stereocenters. The van der Waals surface area contributed by atoms with Crippen LogP contribution in [0.5, 0.6) is 0 Å². The smallest absolute Gasteiger partial charge is 0.224 e. The van der Waals surface area contributed by atoms with Crippen molar-refractivity contribution in [2.45, 2.75) is 0 Å². The molecule has 0 saturated carbocycles. The van der Waals surface area contributed by atoms with Gasteiger partial charge >= 0.3 is 0 Å². The first-order valence-corrected chi connectivity index (χ1v) is 3.52. The molecule has 66 valence electrons. The van der Waals surface area contributed by atoms with Gasteiger partial charge in [0.05, 0.1) is 26.5 Å². The van der Waals surface area contributed by atoms with Gasteiger partial charge in [-0.3, -0.25) is 0 Å². The van der Waals surface area contributed by atoms with Gasteiger partial charge in [0.1, 0.15) is 5.82 Å². The lowest BCUT2D eigenvalue weighted by Crippen LogP contribution is -1.94. The number of aromatic amines is 1. The third-order valence-electron chi connectivity index (χ3n) is 1.52. The minimum atomic E-state index is -0.818. The fraction of sp³-hybridized carbons (Fsp3) is 0. The third-order valence-corrected chi connectivity index (χ3v) is 1.52. The van der Waals surface area contributed by atoms with Gasteiger partial charge in [-0.15, -0.1) is 0 Å². The van der Waals surface area contributed by atoms with Crippen LogP contribution in [0.15, 0.2) is 24.6 Å². The van der Waals surface area contributed by atoms with E-state index in [1.807, 2.05) is 0 Å². The average Bonchev–Trinajstić information content (AvgIpc) is 2.58. The minimum absolute atomic E-state index is 0.0247. The number of imidazole rings is 1. The zero-order chi connectivity index (χ0) is 11.0. The van der Waals surface area contributed by atoms with E-state index in [4.69, 9.17) is 8.48 Å². The number of nitrogens with one attached hydrogen (secondary N) is 1. The topological polar surface area (TPSA) is 67.6 Å². The maximum absolute atomic E-state index is 13.4. The standard InChI is InChI=1S/C8H7FN4/c9-8-5(1-2-7(10)13-8)6-3-11-4-12-6/h1-4H,(H2,10,13)(H,11,12)/i2D,3D. The summed E-state index contributed by atoms with van der Waals surface area (Å²) in [5.74, 6) is -0.997. The number of aromatic nitrogens is 3. The molecule has 0 aliphatic heterocycles. The van der Waals surface area contributed by atoms with Gasteiger partial charge < -0.3 is 10.7 Å². The molecule has 13 heavy (non-hydrogen) atoms. The lowest BCUT2D eigenvalue weighted by Gasteiger charge is -1.99. The van der Waals surface area contributed by atoms with Crippen molar-refractivity contribution in [3.63, 3.8) is 0 Å². The molecule has 2 heterocycles. The van der Waals surface area contributed by atoms with Gasteiger partial charge in [-0.05, 0) is 12.1 Å². The molecular formula is C8H7FN4. The average molecular weight is 180 g/mol. The molecule has 0 aliphatic carbocycles. The monoisotopic (exact) mass is 180 g/mol. The van der Waals surface area contributed by atoms with Crippen molar-refractivity contribution < 1.29 is 7.13 Å². The highest BCUT2D eigenvalue weighted by molar-refractivity contribution is 5.58. The van der Waals surface area contributed by atoms with Crippen LogP contribution in [-0.2, 0) is 0 Å².